The molecule has 0 bridgehead atoms. The number of aryl methyl sites for hydroxylation is 1. The monoisotopic (exact) mass is 752 g/mol. The van der Waals surface area contributed by atoms with E-state index >= 15 is 0 Å². The molecule has 0 unspecified atom stereocenters. The number of benzene rings is 10. The second-order valence-corrected chi connectivity index (χ2v) is 15.4. The number of para-hydroxylation sites is 2. The van der Waals surface area contributed by atoms with Gasteiger partial charge in [-0.3, -0.25) is 0 Å². The van der Waals surface area contributed by atoms with Crippen molar-refractivity contribution >= 4 is 60.4 Å². The van der Waals surface area contributed by atoms with Gasteiger partial charge in [-0.2, -0.15) is 0 Å². The summed E-state index contributed by atoms with van der Waals surface area (Å²) in [5.74, 6) is 0. The molecule has 2 heteroatoms. The van der Waals surface area contributed by atoms with E-state index in [-0.39, 0.29) is 0 Å². The van der Waals surface area contributed by atoms with Crippen molar-refractivity contribution < 1.29 is 0 Å². The molecule has 1 heterocycles. The summed E-state index contributed by atoms with van der Waals surface area (Å²) in [6, 6.07) is 81.7. The van der Waals surface area contributed by atoms with Gasteiger partial charge in [0.05, 0.1) is 11.0 Å². The minimum absolute atomic E-state index is 1.10. The molecule has 0 spiro atoms. The molecular weight excluding hydrogens is 713 g/mol. The van der Waals surface area contributed by atoms with Crippen LogP contribution in [0.5, 0.6) is 0 Å². The molecule has 2 nitrogen and oxygen atoms in total. The van der Waals surface area contributed by atoms with E-state index in [0.717, 1.165) is 22.7 Å². The molecule has 0 radical (unpaired) electrons. The minimum atomic E-state index is 1.10. The van der Waals surface area contributed by atoms with Gasteiger partial charge in [-0.1, -0.05) is 157 Å². The fraction of sp³-hybridized carbons (Fsp3) is 0.0175. The van der Waals surface area contributed by atoms with Gasteiger partial charge in [0.15, 0.2) is 0 Å². The van der Waals surface area contributed by atoms with Crippen LogP contribution >= 0.6 is 0 Å². The van der Waals surface area contributed by atoms with Crippen molar-refractivity contribution in [2.75, 3.05) is 4.90 Å². The number of hydrogen-bond acceptors (Lipinski definition) is 1. The van der Waals surface area contributed by atoms with E-state index in [1.165, 1.54) is 82.3 Å². The van der Waals surface area contributed by atoms with E-state index in [1.807, 2.05) is 0 Å². The highest BCUT2D eigenvalue weighted by Gasteiger charge is 2.20. The quantitative estimate of drug-likeness (QED) is 0.147. The number of hydrogen-bond donors (Lipinski definition) is 0. The third-order valence-corrected chi connectivity index (χ3v) is 11.8. The first-order chi connectivity index (χ1) is 29.2. The fourth-order valence-electron chi connectivity index (χ4n) is 9.14. The molecular formula is C57H40N2. The smallest absolute Gasteiger partial charge is 0.0542 e. The minimum Gasteiger partial charge on any atom is -0.310 e. The number of fused-ring (bicyclic) bond motifs is 5. The molecule has 0 aliphatic carbocycles. The Kier molecular flexibility index (Phi) is 8.41. The van der Waals surface area contributed by atoms with Crippen molar-refractivity contribution in [2.24, 2.45) is 0 Å². The van der Waals surface area contributed by atoms with E-state index < -0.39 is 0 Å². The van der Waals surface area contributed by atoms with Gasteiger partial charge in [-0.15, -0.1) is 0 Å². The average Bonchev–Trinajstić information content (AvgIpc) is 3.62. The third-order valence-electron chi connectivity index (χ3n) is 11.8. The molecule has 1 aromatic heterocycles. The Bertz CT molecular complexity index is 3290. The van der Waals surface area contributed by atoms with E-state index in [9.17, 15) is 0 Å². The molecule has 0 saturated heterocycles. The molecule has 0 aliphatic rings. The molecule has 278 valence electrons. The molecule has 11 rings (SSSR count). The van der Waals surface area contributed by atoms with Crippen LogP contribution in [0.15, 0.2) is 224 Å². The first-order valence-electron chi connectivity index (χ1n) is 20.3. The van der Waals surface area contributed by atoms with Gasteiger partial charge in [-0.05, 0) is 135 Å². The van der Waals surface area contributed by atoms with Gasteiger partial charge in [0, 0.05) is 33.5 Å². The van der Waals surface area contributed by atoms with E-state index in [4.69, 9.17) is 0 Å². The van der Waals surface area contributed by atoms with Crippen molar-refractivity contribution in [1.82, 2.24) is 4.57 Å². The summed E-state index contributed by atoms with van der Waals surface area (Å²) in [7, 11) is 0. The van der Waals surface area contributed by atoms with Crippen LogP contribution in [0.2, 0.25) is 0 Å². The second-order valence-electron chi connectivity index (χ2n) is 15.4. The van der Waals surface area contributed by atoms with E-state index in [1.54, 1.807) is 0 Å². The van der Waals surface area contributed by atoms with Crippen LogP contribution in [0.4, 0.5) is 17.1 Å². The second kappa shape index (κ2) is 14.4. The Morgan fingerprint density at radius 3 is 1.42 bits per heavy atom. The molecule has 0 atom stereocenters. The lowest BCUT2D eigenvalue weighted by atomic mass is 9.85. The summed E-state index contributed by atoms with van der Waals surface area (Å²) in [4.78, 5) is 2.37. The van der Waals surface area contributed by atoms with Crippen molar-refractivity contribution in [3.8, 4) is 39.1 Å². The van der Waals surface area contributed by atoms with E-state index in [0.29, 0.717) is 0 Å². The zero-order valence-electron chi connectivity index (χ0n) is 32.8. The van der Waals surface area contributed by atoms with Crippen LogP contribution in [0.1, 0.15) is 5.56 Å². The third kappa shape index (κ3) is 5.97. The van der Waals surface area contributed by atoms with Gasteiger partial charge in [0.2, 0.25) is 0 Å². The Hall–Kier alpha value is -7.68. The lowest BCUT2D eigenvalue weighted by Gasteiger charge is -2.26. The highest BCUT2D eigenvalue weighted by molar-refractivity contribution is 6.22. The zero-order valence-corrected chi connectivity index (χ0v) is 32.8. The highest BCUT2D eigenvalue weighted by Crippen LogP contribution is 2.45. The summed E-state index contributed by atoms with van der Waals surface area (Å²) in [5, 5.41) is 7.51. The van der Waals surface area contributed by atoms with Gasteiger partial charge in [-0.25, -0.2) is 0 Å². The topological polar surface area (TPSA) is 8.17 Å². The molecule has 10 aromatic carbocycles. The van der Waals surface area contributed by atoms with Gasteiger partial charge in [0.25, 0.3) is 0 Å². The standard InChI is InChI=1S/C57H40N2/c1-39-26-34-54-51(36-39)52-38-47(32-35-55(52)59(54)45-22-12-5-13-23-45)58(44-20-10-4-11-21-44)46-30-27-40(28-31-46)43-29-33-50-53(37-43)57(42-18-8-3-9-19-42)49-25-15-14-24-48(49)56(50)41-16-6-2-7-17-41/h2-38H,1H3. The molecule has 59 heavy (non-hydrogen) atoms. The van der Waals surface area contributed by atoms with Crippen LogP contribution in [-0.2, 0) is 0 Å². The van der Waals surface area contributed by atoms with Crippen LogP contribution in [0.25, 0.3) is 82.4 Å². The molecule has 0 amide bonds. The van der Waals surface area contributed by atoms with Crippen molar-refractivity contribution in [2.45, 2.75) is 6.92 Å². The molecule has 0 saturated carbocycles. The van der Waals surface area contributed by atoms with Crippen LogP contribution in [-0.4, -0.2) is 4.57 Å². The maximum Gasteiger partial charge on any atom is 0.0542 e. The highest BCUT2D eigenvalue weighted by atomic mass is 15.1. The van der Waals surface area contributed by atoms with Crippen molar-refractivity contribution in [3.63, 3.8) is 0 Å². The fourth-order valence-corrected chi connectivity index (χ4v) is 9.14. The lowest BCUT2D eigenvalue weighted by Crippen LogP contribution is -2.09. The van der Waals surface area contributed by atoms with Crippen molar-refractivity contribution in [3.05, 3.63) is 230 Å². The SMILES string of the molecule is Cc1ccc2c(c1)c1cc(N(c3ccccc3)c3ccc(-c4ccc5c(-c6ccccc6)c6ccccc6c(-c6ccccc6)c5c4)cc3)ccc1n2-c1ccccc1. The first-order valence-corrected chi connectivity index (χ1v) is 20.3. The Morgan fingerprint density at radius 2 is 0.780 bits per heavy atom. The normalized spacial score (nSPS) is 11.5. The summed E-state index contributed by atoms with van der Waals surface area (Å²) in [6.07, 6.45) is 0. The Morgan fingerprint density at radius 1 is 0.305 bits per heavy atom. The van der Waals surface area contributed by atoms with Crippen LogP contribution in [0, 0.1) is 6.92 Å². The van der Waals surface area contributed by atoms with Crippen LogP contribution < -0.4 is 4.90 Å². The van der Waals surface area contributed by atoms with E-state index in [2.05, 4.69) is 241 Å². The van der Waals surface area contributed by atoms with Crippen LogP contribution in [0.3, 0.4) is 0 Å². The summed E-state index contributed by atoms with van der Waals surface area (Å²) in [5.41, 5.74) is 15.5. The summed E-state index contributed by atoms with van der Waals surface area (Å²) >= 11 is 0. The van der Waals surface area contributed by atoms with Gasteiger partial charge in [0.1, 0.15) is 0 Å². The number of nitrogens with zero attached hydrogens (tertiary/aromatic N) is 2. The summed E-state index contributed by atoms with van der Waals surface area (Å²) in [6.45, 7) is 2.18. The zero-order chi connectivity index (χ0) is 39.3. The summed E-state index contributed by atoms with van der Waals surface area (Å²) < 4.78 is 2.38. The predicted octanol–water partition coefficient (Wildman–Crippen LogP) is 15.9. The van der Waals surface area contributed by atoms with Crippen molar-refractivity contribution in [1.29, 1.82) is 0 Å². The van der Waals surface area contributed by atoms with Gasteiger partial charge >= 0.3 is 0 Å². The molecule has 0 N–H and O–H groups in total. The Balaban J connectivity index is 1.06. The lowest BCUT2D eigenvalue weighted by molar-refractivity contribution is 1.18. The maximum atomic E-state index is 2.40. The largest absolute Gasteiger partial charge is 0.310 e. The molecule has 0 aliphatic heterocycles. The number of aromatic nitrogens is 1. The maximum absolute atomic E-state index is 2.40. The Labute approximate surface area is 344 Å². The van der Waals surface area contributed by atoms with Gasteiger partial charge < -0.3 is 9.47 Å². The number of anilines is 3. The average molecular weight is 753 g/mol. The first kappa shape index (κ1) is 34.6. The predicted molar refractivity (Wildman–Crippen MR) is 252 cm³/mol. The molecule has 0 fully saturated rings. The number of rotatable bonds is 7. The molecule has 11 aromatic rings.